The fraction of sp³-hybridized carbons (Fsp3) is 0.238. The number of rotatable bonds is 4. The van der Waals surface area contributed by atoms with Gasteiger partial charge in [0.2, 0.25) is 5.91 Å². The number of aromatic nitrogens is 2. The summed E-state index contributed by atoms with van der Waals surface area (Å²) in [4.78, 5) is 35.2. The highest BCUT2D eigenvalue weighted by atomic mass is 16.2. The Morgan fingerprint density at radius 3 is 2.41 bits per heavy atom. The van der Waals surface area contributed by atoms with E-state index in [0.29, 0.717) is 17.6 Å². The molecule has 0 spiro atoms. The molecule has 1 aliphatic heterocycles. The molecule has 2 amide bonds. The molecular formula is C21H20N4O2. The van der Waals surface area contributed by atoms with Gasteiger partial charge in [0.25, 0.3) is 5.91 Å². The molecule has 1 fully saturated rings. The number of carbonyl (C=O) groups is 2. The third-order valence-corrected chi connectivity index (χ3v) is 4.71. The van der Waals surface area contributed by atoms with Gasteiger partial charge in [0.05, 0.1) is 23.7 Å². The molecule has 6 nitrogen and oxygen atoms in total. The number of hydrogen-bond acceptors (Lipinski definition) is 4. The van der Waals surface area contributed by atoms with E-state index in [4.69, 9.17) is 0 Å². The lowest BCUT2D eigenvalue weighted by Crippen LogP contribution is -2.29. The maximum absolute atomic E-state index is 12.4. The van der Waals surface area contributed by atoms with Crippen LogP contribution in [-0.4, -0.2) is 39.8 Å². The highest BCUT2D eigenvalue weighted by Crippen LogP contribution is 2.15. The summed E-state index contributed by atoms with van der Waals surface area (Å²) in [5.74, 6) is -0.148. The average molecular weight is 360 g/mol. The van der Waals surface area contributed by atoms with Crippen molar-refractivity contribution in [3.8, 4) is 0 Å². The molecule has 1 aliphatic rings. The average Bonchev–Trinajstić information content (AvgIpc) is 3.24. The van der Waals surface area contributed by atoms with E-state index < -0.39 is 0 Å². The Morgan fingerprint density at radius 1 is 0.963 bits per heavy atom. The zero-order valence-corrected chi connectivity index (χ0v) is 14.9. The maximum Gasteiger partial charge on any atom is 0.275 e. The summed E-state index contributed by atoms with van der Waals surface area (Å²) >= 11 is 0. The van der Waals surface area contributed by atoms with E-state index in [-0.39, 0.29) is 17.5 Å². The summed E-state index contributed by atoms with van der Waals surface area (Å²) < 4.78 is 0. The molecule has 2 aromatic carbocycles. The number of nitrogens with one attached hydrogen (secondary N) is 1. The van der Waals surface area contributed by atoms with Crippen LogP contribution in [0.25, 0.3) is 11.0 Å². The van der Waals surface area contributed by atoms with E-state index in [1.54, 1.807) is 12.1 Å². The lowest BCUT2D eigenvalue weighted by atomic mass is 10.1. The first-order valence-corrected chi connectivity index (χ1v) is 9.09. The van der Waals surface area contributed by atoms with E-state index in [1.807, 2.05) is 41.3 Å². The quantitative estimate of drug-likeness (QED) is 0.776. The summed E-state index contributed by atoms with van der Waals surface area (Å²) in [5, 5.41) is 2.82. The molecule has 0 bridgehead atoms. The number of fused-ring (bicyclic) bond motifs is 1. The number of para-hydroxylation sites is 2. The van der Waals surface area contributed by atoms with Crippen molar-refractivity contribution in [3.63, 3.8) is 0 Å². The fourth-order valence-corrected chi connectivity index (χ4v) is 3.22. The third kappa shape index (κ3) is 3.95. The number of benzene rings is 2. The molecular weight excluding hydrogens is 340 g/mol. The van der Waals surface area contributed by atoms with Crippen molar-refractivity contribution in [2.24, 2.45) is 0 Å². The molecule has 27 heavy (non-hydrogen) atoms. The molecule has 0 unspecified atom stereocenters. The van der Waals surface area contributed by atoms with E-state index >= 15 is 0 Å². The minimum absolute atomic E-state index is 0.163. The number of carbonyl (C=O) groups excluding carboxylic acids is 2. The van der Waals surface area contributed by atoms with Crippen LogP contribution in [0.5, 0.6) is 0 Å². The number of hydrogen-bond donors (Lipinski definition) is 1. The third-order valence-electron chi connectivity index (χ3n) is 4.71. The predicted molar refractivity (Wildman–Crippen MR) is 103 cm³/mol. The minimum atomic E-state index is -0.311. The molecule has 0 atom stereocenters. The molecule has 1 N–H and O–H groups in total. The summed E-state index contributed by atoms with van der Waals surface area (Å²) in [6.45, 7) is 1.72. The highest BCUT2D eigenvalue weighted by molar-refractivity contribution is 6.03. The van der Waals surface area contributed by atoms with Crippen molar-refractivity contribution in [2.75, 3.05) is 18.4 Å². The van der Waals surface area contributed by atoms with Crippen LogP contribution in [-0.2, 0) is 11.2 Å². The van der Waals surface area contributed by atoms with Gasteiger partial charge in [-0.3, -0.25) is 14.6 Å². The van der Waals surface area contributed by atoms with Gasteiger partial charge in [-0.05, 0) is 42.7 Å². The van der Waals surface area contributed by atoms with Crippen molar-refractivity contribution in [1.29, 1.82) is 0 Å². The number of likely N-dealkylation sites (tertiary alicyclic amines) is 1. The van der Waals surface area contributed by atoms with Gasteiger partial charge in [0.1, 0.15) is 5.69 Å². The van der Waals surface area contributed by atoms with Crippen LogP contribution >= 0.6 is 0 Å². The molecule has 1 saturated heterocycles. The van der Waals surface area contributed by atoms with Crippen LogP contribution in [0, 0.1) is 0 Å². The Labute approximate surface area is 157 Å². The van der Waals surface area contributed by atoms with E-state index in [2.05, 4.69) is 15.3 Å². The van der Waals surface area contributed by atoms with E-state index in [9.17, 15) is 9.59 Å². The lowest BCUT2D eigenvalue weighted by Gasteiger charge is -2.15. The van der Waals surface area contributed by atoms with Crippen LogP contribution in [0.1, 0.15) is 28.9 Å². The van der Waals surface area contributed by atoms with Gasteiger partial charge in [-0.1, -0.05) is 24.3 Å². The minimum Gasteiger partial charge on any atom is -0.342 e. The number of nitrogens with zero attached hydrogens (tertiary/aromatic N) is 3. The first-order chi connectivity index (χ1) is 13.2. The van der Waals surface area contributed by atoms with Gasteiger partial charge in [0, 0.05) is 18.8 Å². The largest absolute Gasteiger partial charge is 0.342 e. The van der Waals surface area contributed by atoms with Crippen molar-refractivity contribution in [2.45, 2.75) is 19.3 Å². The molecule has 2 heterocycles. The van der Waals surface area contributed by atoms with Crippen LogP contribution in [0.4, 0.5) is 5.69 Å². The second-order valence-corrected chi connectivity index (χ2v) is 6.66. The first kappa shape index (κ1) is 17.1. The van der Waals surface area contributed by atoms with Gasteiger partial charge in [-0.2, -0.15) is 0 Å². The molecule has 0 radical (unpaired) electrons. The summed E-state index contributed by atoms with van der Waals surface area (Å²) in [5.41, 5.74) is 3.30. The van der Waals surface area contributed by atoms with Gasteiger partial charge >= 0.3 is 0 Å². The van der Waals surface area contributed by atoms with Crippen LogP contribution in [0.2, 0.25) is 0 Å². The molecule has 0 aliphatic carbocycles. The molecule has 136 valence electrons. The van der Waals surface area contributed by atoms with Crippen LogP contribution < -0.4 is 5.32 Å². The summed E-state index contributed by atoms with van der Waals surface area (Å²) in [7, 11) is 0. The Balaban J connectivity index is 1.41. The van der Waals surface area contributed by atoms with Crippen molar-refractivity contribution in [3.05, 3.63) is 66.0 Å². The SMILES string of the molecule is O=C(Nc1ccc(CC(=O)N2CCCC2)cc1)c1cnc2ccccc2n1. The second-order valence-electron chi connectivity index (χ2n) is 6.66. The molecule has 1 aromatic heterocycles. The fourth-order valence-electron chi connectivity index (χ4n) is 3.22. The van der Waals surface area contributed by atoms with Crippen LogP contribution in [0.3, 0.4) is 0 Å². The zero-order valence-electron chi connectivity index (χ0n) is 14.9. The Hall–Kier alpha value is -3.28. The number of anilines is 1. The molecule has 0 saturated carbocycles. The Kier molecular flexibility index (Phi) is 4.78. The van der Waals surface area contributed by atoms with Crippen molar-refractivity contribution < 1.29 is 9.59 Å². The number of amides is 2. The summed E-state index contributed by atoms with van der Waals surface area (Å²) in [6, 6.07) is 14.8. The normalized spacial score (nSPS) is 13.7. The van der Waals surface area contributed by atoms with Crippen molar-refractivity contribution in [1.82, 2.24) is 14.9 Å². The maximum atomic E-state index is 12.4. The highest BCUT2D eigenvalue weighted by Gasteiger charge is 2.18. The molecule has 6 heteroatoms. The van der Waals surface area contributed by atoms with Gasteiger partial charge in [0.15, 0.2) is 0 Å². The monoisotopic (exact) mass is 360 g/mol. The van der Waals surface area contributed by atoms with Crippen molar-refractivity contribution >= 4 is 28.5 Å². The summed E-state index contributed by atoms with van der Waals surface area (Å²) in [6.07, 6.45) is 4.05. The topological polar surface area (TPSA) is 75.2 Å². The standard InChI is InChI=1S/C21H20N4O2/c26-20(25-11-3-4-12-25)13-15-7-9-16(10-8-15)23-21(27)19-14-22-17-5-1-2-6-18(17)24-19/h1-2,5-10,14H,3-4,11-13H2,(H,23,27). The van der Waals surface area contributed by atoms with Crippen LogP contribution in [0.15, 0.2) is 54.7 Å². The second kappa shape index (κ2) is 7.53. The lowest BCUT2D eigenvalue weighted by molar-refractivity contribution is -0.129. The van der Waals surface area contributed by atoms with E-state index in [1.165, 1.54) is 6.20 Å². The zero-order chi connectivity index (χ0) is 18.6. The Bertz CT molecular complexity index is 979. The van der Waals surface area contributed by atoms with Gasteiger partial charge in [-0.15, -0.1) is 0 Å². The Morgan fingerprint density at radius 2 is 1.67 bits per heavy atom. The van der Waals surface area contributed by atoms with E-state index in [0.717, 1.165) is 37.0 Å². The smallest absolute Gasteiger partial charge is 0.275 e. The van der Waals surface area contributed by atoms with Gasteiger partial charge < -0.3 is 10.2 Å². The van der Waals surface area contributed by atoms with Gasteiger partial charge in [-0.25, -0.2) is 4.98 Å². The first-order valence-electron chi connectivity index (χ1n) is 9.09. The predicted octanol–water partition coefficient (Wildman–Crippen LogP) is 3.05. The molecule has 3 aromatic rings. The molecule has 4 rings (SSSR count).